The summed E-state index contributed by atoms with van der Waals surface area (Å²) in [6.45, 7) is 0. The van der Waals surface area contributed by atoms with Crippen LogP contribution in [0.25, 0.3) is 76.5 Å². The Bertz CT molecular complexity index is 2610. The van der Waals surface area contributed by atoms with Crippen LogP contribution < -0.4 is 0 Å². The molecule has 0 heterocycles. The van der Waals surface area contributed by atoms with E-state index in [4.69, 9.17) is 8.22 Å². The highest BCUT2D eigenvalue weighted by Gasteiger charge is 2.18. The van der Waals surface area contributed by atoms with Crippen molar-refractivity contribution in [2.24, 2.45) is 0 Å². The fourth-order valence-electron chi connectivity index (χ4n) is 6.00. The highest BCUT2D eigenvalue weighted by molar-refractivity contribution is 6.24. The fraction of sp³-hybridized carbons (Fsp3) is 0. The molecule has 0 aliphatic rings. The van der Waals surface area contributed by atoms with E-state index in [0.29, 0.717) is 21.9 Å². The van der Waals surface area contributed by atoms with Gasteiger partial charge in [-0.1, -0.05) is 151 Å². The second-order valence-electron chi connectivity index (χ2n) is 9.94. The van der Waals surface area contributed by atoms with Crippen LogP contribution in [0.4, 0.5) is 0 Å². The number of fused-ring (bicyclic) bond motifs is 4. The van der Waals surface area contributed by atoms with Gasteiger partial charge in [0.2, 0.25) is 0 Å². The molecule has 0 radical (unpaired) electrons. The summed E-state index contributed by atoms with van der Waals surface area (Å²) in [5, 5.41) is 6.18. The van der Waals surface area contributed by atoms with Crippen LogP contribution in [0.5, 0.6) is 0 Å². The Morgan fingerprint density at radius 2 is 1.00 bits per heavy atom. The summed E-state index contributed by atoms with van der Waals surface area (Å²) >= 11 is 0. The summed E-state index contributed by atoms with van der Waals surface area (Å²) in [6, 6.07) is 35.9. The SMILES string of the molecule is [2H]c1ccc([2H])c(-c2c3ccccc3c(-c3cccc4c(-c5ccc6ccccc6c5)cccc34)c3c([2H])c([2H])c([2H])c([2H])c23)c1[2H]. The summed E-state index contributed by atoms with van der Waals surface area (Å²) in [4.78, 5) is 0. The summed E-state index contributed by atoms with van der Waals surface area (Å²) in [6.07, 6.45) is 0. The number of hydrogen-bond donors (Lipinski definition) is 0. The van der Waals surface area contributed by atoms with Crippen molar-refractivity contribution in [3.05, 3.63) is 158 Å². The molecule has 8 aromatic rings. The van der Waals surface area contributed by atoms with Crippen molar-refractivity contribution in [2.45, 2.75) is 0 Å². The normalized spacial score (nSPS) is 13.9. The van der Waals surface area contributed by atoms with E-state index in [1.807, 2.05) is 60.7 Å². The largest absolute Gasteiger partial charge is 0.0629 e. The molecule has 0 amide bonds. The van der Waals surface area contributed by atoms with Crippen LogP contribution in [0.2, 0.25) is 0 Å². The topological polar surface area (TPSA) is 0 Å². The van der Waals surface area contributed by atoms with E-state index in [2.05, 4.69) is 42.5 Å². The number of benzene rings is 8. The lowest BCUT2D eigenvalue weighted by atomic mass is 9.84. The van der Waals surface area contributed by atoms with Crippen molar-refractivity contribution in [2.75, 3.05) is 0 Å². The molecule has 0 unspecified atom stereocenters. The van der Waals surface area contributed by atoms with Gasteiger partial charge in [-0.3, -0.25) is 0 Å². The van der Waals surface area contributed by atoms with Crippen LogP contribution in [-0.4, -0.2) is 0 Å². The molecular weight excluding hydrogens is 480 g/mol. The van der Waals surface area contributed by atoms with Crippen LogP contribution in [0.15, 0.2) is 158 Å². The van der Waals surface area contributed by atoms with E-state index in [1.54, 1.807) is 0 Å². The Balaban J connectivity index is 1.55. The minimum absolute atomic E-state index is 0.0165. The van der Waals surface area contributed by atoms with Crippen molar-refractivity contribution in [3.8, 4) is 33.4 Å². The third-order valence-corrected chi connectivity index (χ3v) is 7.75. The molecule has 0 fully saturated rings. The molecule has 8 aromatic carbocycles. The molecule has 0 saturated heterocycles. The quantitative estimate of drug-likeness (QED) is 0.206. The van der Waals surface area contributed by atoms with Crippen LogP contribution in [-0.2, 0) is 0 Å². The molecule has 0 heteroatoms. The summed E-state index contributed by atoms with van der Waals surface area (Å²) in [5.74, 6) is 0. The highest BCUT2D eigenvalue weighted by atomic mass is 14.2. The molecule has 8 rings (SSSR count). The zero-order valence-electron chi connectivity index (χ0n) is 28.5. The van der Waals surface area contributed by atoms with Gasteiger partial charge in [-0.05, 0) is 82.5 Å². The highest BCUT2D eigenvalue weighted by Crippen LogP contribution is 2.46. The number of rotatable bonds is 3. The van der Waals surface area contributed by atoms with E-state index in [-0.39, 0.29) is 53.2 Å². The predicted molar refractivity (Wildman–Crippen MR) is 173 cm³/mol. The van der Waals surface area contributed by atoms with E-state index in [1.165, 1.54) is 12.1 Å². The monoisotopic (exact) mass is 513 g/mol. The summed E-state index contributed by atoms with van der Waals surface area (Å²) < 4.78 is 61.8. The Morgan fingerprint density at radius 1 is 0.350 bits per heavy atom. The maximum Gasteiger partial charge on any atom is 0.0629 e. The van der Waals surface area contributed by atoms with Crippen molar-refractivity contribution < 1.29 is 9.60 Å². The van der Waals surface area contributed by atoms with Crippen molar-refractivity contribution in [1.29, 1.82) is 0 Å². The molecule has 0 saturated carbocycles. The smallest absolute Gasteiger partial charge is 0.0622 e. The first-order chi connectivity index (χ1) is 22.8. The second kappa shape index (κ2) is 9.22. The predicted octanol–water partition coefficient (Wildman–Crippen LogP) is 11.3. The van der Waals surface area contributed by atoms with Crippen molar-refractivity contribution >= 4 is 43.1 Å². The first-order valence-corrected chi connectivity index (χ1v) is 13.3. The van der Waals surface area contributed by atoms with Crippen LogP contribution in [0.3, 0.4) is 0 Å². The minimum Gasteiger partial charge on any atom is -0.0622 e. The Labute approximate surface area is 243 Å². The third kappa shape index (κ3) is 3.54. The van der Waals surface area contributed by atoms with E-state index in [0.717, 1.165) is 43.6 Å². The third-order valence-electron chi connectivity index (χ3n) is 7.75. The maximum atomic E-state index is 9.24. The number of hydrogen-bond acceptors (Lipinski definition) is 0. The lowest BCUT2D eigenvalue weighted by molar-refractivity contribution is 1.65. The Kier molecular flexibility index (Phi) is 3.85. The van der Waals surface area contributed by atoms with Gasteiger partial charge >= 0.3 is 0 Å². The van der Waals surface area contributed by atoms with Gasteiger partial charge in [0.25, 0.3) is 0 Å². The van der Waals surface area contributed by atoms with Crippen molar-refractivity contribution in [3.63, 3.8) is 0 Å². The first-order valence-electron chi connectivity index (χ1n) is 16.8. The maximum absolute atomic E-state index is 9.24. The average molecular weight is 514 g/mol. The van der Waals surface area contributed by atoms with Gasteiger partial charge < -0.3 is 0 Å². The zero-order valence-corrected chi connectivity index (χ0v) is 21.5. The van der Waals surface area contributed by atoms with Crippen molar-refractivity contribution in [1.82, 2.24) is 0 Å². The van der Waals surface area contributed by atoms with Crippen LogP contribution in [0.1, 0.15) is 9.60 Å². The molecule has 0 atom stereocenters. The molecule has 0 spiro atoms. The van der Waals surface area contributed by atoms with E-state index >= 15 is 0 Å². The lowest BCUT2D eigenvalue weighted by Crippen LogP contribution is -1.92. The molecule has 0 N–H and O–H groups in total. The van der Waals surface area contributed by atoms with Gasteiger partial charge in [0.15, 0.2) is 0 Å². The van der Waals surface area contributed by atoms with Crippen LogP contribution in [0, 0.1) is 0 Å². The molecule has 0 aliphatic heterocycles. The molecule has 40 heavy (non-hydrogen) atoms. The Hall–Kier alpha value is -5.20. The molecular formula is C40H26. The molecule has 0 nitrogen and oxygen atoms in total. The summed E-state index contributed by atoms with van der Waals surface area (Å²) in [5.41, 5.74) is 4.13. The standard InChI is InChI=1S/C40H26/c1-2-13-28(14-3-1)39-35-16-6-8-18-37(35)40(38-19-9-7-17-36(38)39)34-23-11-21-32-31(20-10-22-33(32)34)30-25-24-27-12-4-5-15-29(27)26-30/h1-26H/i2D,6D,8D,13D,14D,16D,18D. The minimum atomic E-state index is -0.387. The van der Waals surface area contributed by atoms with Gasteiger partial charge in [-0.25, -0.2) is 0 Å². The van der Waals surface area contributed by atoms with Gasteiger partial charge in [0, 0.05) is 0 Å². The van der Waals surface area contributed by atoms with Gasteiger partial charge in [-0.15, -0.1) is 0 Å². The Morgan fingerprint density at radius 3 is 1.82 bits per heavy atom. The van der Waals surface area contributed by atoms with E-state index < -0.39 is 0 Å². The van der Waals surface area contributed by atoms with Gasteiger partial charge in [-0.2, -0.15) is 0 Å². The fourth-order valence-corrected chi connectivity index (χ4v) is 6.00. The van der Waals surface area contributed by atoms with Gasteiger partial charge in [0.05, 0.1) is 9.60 Å². The van der Waals surface area contributed by atoms with E-state index in [9.17, 15) is 1.37 Å². The molecule has 186 valence electrons. The second-order valence-corrected chi connectivity index (χ2v) is 9.94. The van der Waals surface area contributed by atoms with Crippen LogP contribution >= 0.6 is 0 Å². The summed E-state index contributed by atoms with van der Waals surface area (Å²) in [7, 11) is 0. The van der Waals surface area contributed by atoms with Gasteiger partial charge in [0.1, 0.15) is 0 Å². The lowest BCUT2D eigenvalue weighted by Gasteiger charge is -2.19. The molecule has 0 aliphatic carbocycles. The zero-order chi connectivity index (χ0) is 32.6. The molecule has 0 aromatic heterocycles. The first kappa shape index (κ1) is 16.7. The average Bonchev–Trinajstić information content (AvgIpc) is 3.10. The molecule has 0 bridgehead atoms.